The maximum absolute atomic E-state index is 12.1. The van der Waals surface area contributed by atoms with Crippen molar-refractivity contribution in [1.29, 1.82) is 0 Å². The minimum Gasteiger partial charge on any atom is -0.360 e. The second-order valence-corrected chi connectivity index (χ2v) is 3.97. The number of hydrogen-bond donors (Lipinski definition) is 1. The SMILES string of the molecule is Cc1ccc2c(C(=O)CC(F)(F)F)c[nH]c2c1. The predicted molar refractivity (Wildman–Crippen MR) is 58.0 cm³/mol. The summed E-state index contributed by atoms with van der Waals surface area (Å²) in [6.07, 6.45) is -4.56. The topological polar surface area (TPSA) is 32.9 Å². The van der Waals surface area contributed by atoms with Gasteiger partial charge in [-0.1, -0.05) is 12.1 Å². The van der Waals surface area contributed by atoms with E-state index in [4.69, 9.17) is 0 Å². The molecule has 0 unspecified atom stereocenters. The number of halogens is 3. The van der Waals surface area contributed by atoms with E-state index in [0.29, 0.717) is 10.9 Å². The largest absolute Gasteiger partial charge is 0.396 e. The number of alkyl halides is 3. The fraction of sp³-hybridized carbons (Fsp3) is 0.250. The van der Waals surface area contributed by atoms with Gasteiger partial charge in [-0.2, -0.15) is 13.2 Å². The number of aromatic nitrogens is 1. The number of benzene rings is 1. The first-order valence-corrected chi connectivity index (χ1v) is 5.04. The Kier molecular flexibility index (Phi) is 2.69. The molecule has 1 aromatic heterocycles. The number of carbonyl (C=O) groups excluding carboxylic acids is 1. The highest BCUT2D eigenvalue weighted by molar-refractivity contribution is 6.08. The summed E-state index contributed by atoms with van der Waals surface area (Å²) < 4.78 is 36.4. The standard InChI is InChI=1S/C12H10F3NO/c1-7-2-3-8-9(6-16-10(8)4-7)11(17)5-12(13,14)15/h2-4,6,16H,5H2,1H3. The van der Waals surface area contributed by atoms with Gasteiger partial charge in [-0.3, -0.25) is 4.79 Å². The molecule has 17 heavy (non-hydrogen) atoms. The molecule has 0 spiro atoms. The number of Topliss-reactive ketones (excluding diaryl/α,β-unsaturated/α-hetero) is 1. The summed E-state index contributed by atoms with van der Waals surface area (Å²) in [6.45, 7) is 1.87. The lowest BCUT2D eigenvalue weighted by molar-refractivity contribution is -0.125. The van der Waals surface area contributed by atoms with Crippen LogP contribution in [0.25, 0.3) is 10.9 Å². The average Bonchev–Trinajstić information content (AvgIpc) is 2.57. The zero-order chi connectivity index (χ0) is 12.6. The van der Waals surface area contributed by atoms with Crippen molar-refractivity contribution < 1.29 is 18.0 Å². The van der Waals surface area contributed by atoms with E-state index in [0.717, 1.165) is 5.56 Å². The molecule has 0 saturated carbocycles. The molecule has 2 rings (SSSR count). The van der Waals surface area contributed by atoms with Crippen molar-refractivity contribution in [2.24, 2.45) is 0 Å². The fourth-order valence-electron chi connectivity index (χ4n) is 1.75. The van der Waals surface area contributed by atoms with E-state index in [1.54, 1.807) is 18.2 Å². The Morgan fingerprint density at radius 3 is 2.71 bits per heavy atom. The van der Waals surface area contributed by atoms with Crippen LogP contribution in [0.1, 0.15) is 22.3 Å². The zero-order valence-corrected chi connectivity index (χ0v) is 9.06. The van der Waals surface area contributed by atoms with Gasteiger partial charge in [0.2, 0.25) is 0 Å². The van der Waals surface area contributed by atoms with E-state index in [9.17, 15) is 18.0 Å². The molecule has 0 bridgehead atoms. The van der Waals surface area contributed by atoms with Gasteiger partial charge in [0, 0.05) is 22.7 Å². The van der Waals surface area contributed by atoms with E-state index in [1.165, 1.54) is 6.20 Å². The normalized spacial score (nSPS) is 12.0. The van der Waals surface area contributed by atoms with Gasteiger partial charge in [0.05, 0.1) is 0 Å². The van der Waals surface area contributed by atoms with Crippen molar-refractivity contribution in [3.05, 3.63) is 35.5 Å². The number of ketones is 1. The van der Waals surface area contributed by atoms with Crippen LogP contribution in [-0.2, 0) is 0 Å². The fourth-order valence-corrected chi connectivity index (χ4v) is 1.75. The lowest BCUT2D eigenvalue weighted by Gasteiger charge is -2.04. The number of rotatable bonds is 2. The monoisotopic (exact) mass is 241 g/mol. The van der Waals surface area contributed by atoms with Crippen LogP contribution in [0.2, 0.25) is 0 Å². The van der Waals surface area contributed by atoms with Gasteiger partial charge < -0.3 is 4.98 Å². The quantitative estimate of drug-likeness (QED) is 0.800. The van der Waals surface area contributed by atoms with Crippen molar-refractivity contribution >= 4 is 16.7 Å². The van der Waals surface area contributed by atoms with Gasteiger partial charge in [0.25, 0.3) is 0 Å². The summed E-state index contributed by atoms with van der Waals surface area (Å²) >= 11 is 0. The van der Waals surface area contributed by atoms with Crippen LogP contribution >= 0.6 is 0 Å². The summed E-state index contributed by atoms with van der Waals surface area (Å²) in [5.74, 6) is -0.910. The van der Waals surface area contributed by atoms with E-state index in [1.807, 2.05) is 6.92 Å². The van der Waals surface area contributed by atoms with Crippen molar-refractivity contribution in [2.45, 2.75) is 19.5 Å². The molecule has 2 aromatic rings. The average molecular weight is 241 g/mol. The molecule has 0 radical (unpaired) electrons. The predicted octanol–water partition coefficient (Wildman–Crippen LogP) is 3.61. The number of H-pyrrole nitrogens is 1. The number of nitrogens with one attached hydrogen (secondary N) is 1. The van der Waals surface area contributed by atoms with Crippen LogP contribution < -0.4 is 0 Å². The number of aromatic amines is 1. The van der Waals surface area contributed by atoms with Gasteiger partial charge in [-0.15, -0.1) is 0 Å². The van der Waals surface area contributed by atoms with Gasteiger partial charge in [0.1, 0.15) is 6.42 Å². The van der Waals surface area contributed by atoms with E-state index < -0.39 is 18.4 Å². The second kappa shape index (κ2) is 3.91. The van der Waals surface area contributed by atoms with Gasteiger partial charge in [-0.25, -0.2) is 0 Å². The Morgan fingerprint density at radius 2 is 2.06 bits per heavy atom. The number of fused-ring (bicyclic) bond motifs is 1. The maximum atomic E-state index is 12.1. The Morgan fingerprint density at radius 1 is 1.35 bits per heavy atom. The molecule has 1 aromatic carbocycles. The summed E-state index contributed by atoms with van der Waals surface area (Å²) in [7, 11) is 0. The third-order valence-corrected chi connectivity index (χ3v) is 2.50. The zero-order valence-electron chi connectivity index (χ0n) is 9.06. The first kappa shape index (κ1) is 11.7. The Labute approximate surface area is 95.4 Å². The highest BCUT2D eigenvalue weighted by Gasteiger charge is 2.32. The molecule has 0 fully saturated rings. The van der Waals surface area contributed by atoms with Gasteiger partial charge >= 0.3 is 6.18 Å². The number of hydrogen-bond acceptors (Lipinski definition) is 1. The van der Waals surface area contributed by atoms with E-state index in [2.05, 4.69) is 4.98 Å². The maximum Gasteiger partial charge on any atom is 0.396 e. The molecule has 0 aliphatic carbocycles. The minimum atomic E-state index is -4.47. The third kappa shape index (κ3) is 2.49. The molecule has 5 heteroatoms. The smallest absolute Gasteiger partial charge is 0.360 e. The van der Waals surface area contributed by atoms with Crippen molar-refractivity contribution in [1.82, 2.24) is 4.98 Å². The number of carbonyl (C=O) groups is 1. The van der Waals surface area contributed by atoms with Crippen molar-refractivity contribution in [3.8, 4) is 0 Å². The molecule has 0 atom stereocenters. The highest BCUT2D eigenvalue weighted by atomic mass is 19.4. The lowest BCUT2D eigenvalue weighted by atomic mass is 10.1. The molecule has 1 heterocycles. The first-order chi connectivity index (χ1) is 7.87. The van der Waals surface area contributed by atoms with Crippen molar-refractivity contribution in [3.63, 3.8) is 0 Å². The molecule has 0 amide bonds. The molecule has 0 aliphatic rings. The lowest BCUT2D eigenvalue weighted by Crippen LogP contribution is -2.14. The molecular weight excluding hydrogens is 231 g/mol. The van der Waals surface area contributed by atoms with E-state index >= 15 is 0 Å². The molecule has 90 valence electrons. The molecule has 0 aliphatic heterocycles. The van der Waals surface area contributed by atoms with Crippen LogP contribution in [0.3, 0.4) is 0 Å². The first-order valence-electron chi connectivity index (χ1n) is 5.04. The molecule has 1 N–H and O–H groups in total. The Bertz CT molecular complexity index is 569. The molecule has 2 nitrogen and oxygen atoms in total. The van der Waals surface area contributed by atoms with Crippen LogP contribution in [0.4, 0.5) is 13.2 Å². The van der Waals surface area contributed by atoms with Gasteiger partial charge in [-0.05, 0) is 18.6 Å². The molecular formula is C12H10F3NO. The van der Waals surface area contributed by atoms with Crippen LogP contribution in [0.15, 0.2) is 24.4 Å². The highest BCUT2D eigenvalue weighted by Crippen LogP contribution is 2.26. The van der Waals surface area contributed by atoms with Crippen LogP contribution in [-0.4, -0.2) is 16.9 Å². The van der Waals surface area contributed by atoms with Crippen LogP contribution in [0.5, 0.6) is 0 Å². The minimum absolute atomic E-state index is 0.0947. The summed E-state index contributed by atoms with van der Waals surface area (Å²) in [5, 5.41) is 0.532. The second-order valence-electron chi connectivity index (χ2n) is 3.97. The Balaban J connectivity index is 2.40. The van der Waals surface area contributed by atoms with Crippen LogP contribution in [0, 0.1) is 6.92 Å². The van der Waals surface area contributed by atoms with E-state index in [-0.39, 0.29) is 5.56 Å². The molecule has 0 saturated heterocycles. The van der Waals surface area contributed by atoms with Gasteiger partial charge in [0.15, 0.2) is 5.78 Å². The third-order valence-electron chi connectivity index (χ3n) is 2.50. The Hall–Kier alpha value is -1.78. The summed E-state index contributed by atoms with van der Waals surface area (Å²) in [4.78, 5) is 14.3. The van der Waals surface area contributed by atoms with Crippen molar-refractivity contribution in [2.75, 3.05) is 0 Å². The summed E-state index contributed by atoms with van der Waals surface area (Å²) in [5.41, 5.74) is 1.75. The summed E-state index contributed by atoms with van der Waals surface area (Å²) in [6, 6.07) is 5.21. The number of aryl methyl sites for hydroxylation is 1.